The Bertz CT molecular complexity index is 1510. The summed E-state index contributed by atoms with van der Waals surface area (Å²) < 4.78 is 13.4. The molecule has 5 fully saturated rings. The van der Waals surface area contributed by atoms with E-state index in [0.29, 0.717) is 13.1 Å². The molecular formula is C41H53N3O5. The van der Waals surface area contributed by atoms with E-state index in [1.165, 1.54) is 19.3 Å². The number of carbonyl (C=O) groups is 1. The molecule has 6 unspecified atom stereocenters. The molecule has 4 saturated carbocycles. The van der Waals surface area contributed by atoms with Crippen molar-refractivity contribution in [2.24, 2.45) is 23.7 Å². The lowest BCUT2D eigenvalue weighted by Gasteiger charge is -2.56. The van der Waals surface area contributed by atoms with Gasteiger partial charge in [0.25, 0.3) is 0 Å². The minimum absolute atomic E-state index is 0.00667. The van der Waals surface area contributed by atoms with Crippen LogP contribution in [0.25, 0.3) is 0 Å². The molecule has 8 nitrogen and oxygen atoms in total. The van der Waals surface area contributed by atoms with Crippen molar-refractivity contribution < 1.29 is 24.5 Å². The van der Waals surface area contributed by atoms with E-state index in [9.17, 15) is 15.0 Å². The number of aliphatic hydroxyl groups is 2. The molecule has 3 aromatic rings. The molecule has 5 aliphatic rings. The molecule has 1 saturated heterocycles. The number of likely N-dealkylation sites (N-methyl/N-ethyl adjacent to an activating group) is 1. The van der Waals surface area contributed by atoms with Crippen molar-refractivity contribution in [1.29, 1.82) is 0 Å². The van der Waals surface area contributed by atoms with Crippen LogP contribution in [0.3, 0.4) is 0 Å². The third-order valence-corrected chi connectivity index (χ3v) is 12.0. The fourth-order valence-corrected chi connectivity index (χ4v) is 9.47. The first kappa shape index (κ1) is 34.2. The molecule has 0 radical (unpaired) electrons. The smallest absolute Gasteiger partial charge is 0.315 e. The number of ether oxygens (including phenoxy) is 2. The number of benzene rings is 3. The van der Waals surface area contributed by atoms with Crippen LogP contribution in [-0.4, -0.2) is 52.4 Å². The second-order valence-corrected chi connectivity index (χ2v) is 15.6. The van der Waals surface area contributed by atoms with Crippen LogP contribution in [0.5, 0.6) is 0 Å². The summed E-state index contributed by atoms with van der Waals surface area (Å²) >= 11 is 0. The van der Waals surface area contributed by atoms with Crippen LogP contribution < -0.4 is 10.6 Å². The van der Waals surface area contributed by atoms with Gasteiger partial charge in [0.05, 0.1) is 24.9 Å². The first-order valence-corrected chi connectivity index (χ1v) is 18.3. The second-order valence-electron chi connectivity index (χ2n) is 15.6. The summed E-state index contributed by atoms with van der Waals surface area (Å²) in [4.78, 5) is 15.2. The van der Waals surface area contributed by atoms with Crippen molar-refractivity contribution in [1.82, 2.24) is 15.5 Å². The highest BCUT2D eigenvalue weighted by molar-refractivity contribution is 5.75. The minimum atomic E-state index is -0.630. The highest BCUT2D eigenvalue weighted by Crippen LogP contribution is 2.55. The summed E-state index contributed by atoms with van der Waals surface area (Å²) in [6, 6.07) is 25.7. The molecule has 4 N–H and O–H groups in total. The molecule has 0 spiro atoms. The molecule has 8 rings (SSSR count). The summed E-state index contributed by atoms with van der Waals surface area (Å²) in [5.41, 5.74) is 4.71. The largest absolute Gasteiger partial charge is 0.392 e. The molecule has 2 amide bonds. The van der Waals surface area contributed by atoms with E-state index in [1.807, 2.05) is 92.8 Å². The van der Waals surface area contributed by atoms with Gasteiger partial charge >= 0.3 is 6.03 Å². The number of rotatable bonds is 11. The topological polar surface area (TPSA) is 103 Å². The second kappa shape index (κ2) is 14.5. The van der Waals surface area contributed by atoms with Crippen LogP contribution in [0.15, 0.2) is 78.9 Å². The van der Waals surface area contributed by atoms with Crippen molar-refractivity contribution in [3.63, 3.8) is 0 Å². The van der Waals surface area contributed by atoms with Crippen LogP contribution in [0.1, 0.15) is 98.7 Å². The van der Waals surface area contributed by atoms with Gasteiger partial charge in [0, 0.05) is 36.2 Å². The Labute approximate surface area is 291 Å². The quantitative estimate of drug-likeness (QED) is 0.180. The summed E-state index contributed by atoms with van der Waals surface area (Å²) in [7, 11) is 2.03. The summed E-state index contributed by atoms with van der Waals surface area (Å²) in [6.45, 7) is 5.25. The zero-order valence-electron chi connectivity index (χ0n) is 29.1. The Kier molecular flexibility index (Phi) is 10.1. The number of carbonyl (C=O) groups excluding carboxylic acids is 1. The molecule has 4 aliphatic carbocycles. The lowest BCUT2D eigenvalue weighted by atomic mass is 9.53. The van der Waals surface area contributed by atoms with Crippen molar-refractivity contribution in [2.75, 3.05) is 13.6 Å². The van der Waals surface area contributed by atoms with Crippen molar-refractivity contribution >= 4 is 6.03 Å². The van der Waals surface area contributed by atoms with Crippen LogP contribution in [0.2, 0.25) is 0 Å². The average molecular weight is 668 g/mol. The number of hydrogen-bond acceptors (Lipinski definition) is 6. The van der Waals surface area contributed by atoms with E-state index in [1.54, 1.807) is 0 Å². The van der Waals surface area contributed by atoms with Crippen LogP contribution >= 0.6 is 0 Å². The summed E-state index contributed by atoms with van der Waals surface area (Å²) in [5.74, 6) is 2.39. The molecule has 262 valence electrons. The number of urea groups is 1. The number of nitrogens with one attached hydrogen (secondary N) is 2. The van der Waals surface area contributed by atoms with Gasteiger partial charge in [0.1, 0.15) is 0 Å². The first-order chi connectivity index (χ1) is 23.7. The molecule has 1 heterocycles. The standard InChI is InChI=1S/C41H53N3O5/c1-26-36(24-44(3)27(2)37(46)33-7-5-4-6-8-33)48-39(49-38(26)34-13-11-29(25-45)12-14-34)35-15-9-28(10-16-35)23-42-40(47)43-41-20-30-17-31(21-41)19-32(18-30)22-41/h4-16,26-27,30-32,36-39,45-46H,17-25H2,1-3H3,(H2,42,43,47). The van der Waals surface area contributed by atoms with Crippen LogP contribution in [0, 0.1) is 23.7 Å². The fourth-order valence-electron chi connectivity index (χ4n) is 9.47. The van der Waals surface area contributed by atoms with Crippen molar-refractivity contribution in [3.8, 4) is 0 Å². The van der Waals surface area contributed by atoms with E-state index >= 15 is 0 Å². The van der Waals surface area contributed by atoms with Gasteiger partial charge < -0.3 is 30.3 Å². The molecule has 1 aliphatic heterocycles. The Morgan fingerprint density at radius 3 is 2.08 bits per heavy atom. The molecule has 6 atom stereocenters. The Morgan fingerprint density at radius 1 is 0.878 bits per heavy atom. The lowest BCUT2D eigenvalue weighted by molar-refractivity contribution is -0.276. The number of hydrogen-bond donors (Lipinski definition) is 4. The van der Waals surface area contributed by atoms with E-state index in [-0.39, 0.29) is 42.3 Å². The van der Waals surface area contributed by atoms with Gasteiger partial charge in [-0.2, -0.15) is 0 Å². The van der Waals surface area contributed by atoms with E-state index < -0.39 is 12.4 Å². The van der Waals surface area contributed by atoms with E-state index in [4.69, 9.17) is 9.47 Å². The van der Waals surface area contributed by atoms with Crippen LogP contribution in [-0.2, 0) is 22.6 Å². The Hall–Kier alpha value is -3.27. The van der Waals surface area contributed by atoms with Crippen molar-refractivity contribution in [2.45, 2.75) is 102 Å². The first-order valence-electron chi connectivity index (χ1n) is 18.3. The molecule has 3 aromatic carbocycles. The molecule has 4 bridgehead atoms. The number of amides is 2. The van der Waals surface area contributed by atoms with E-state index in [2.05, 4.69) is 22.5 Å². The van der Waals surface area contributed by atoms with Gasteiger partial charge in [0.15, 0.2) is 6.29 Å². The summed E-state index contributed by atoms with van der Waals surface area (Å²) in [6.07, 6.45) is 5.85. The van der Waals surface area contributed by atoms with Gasteiger partial charge in [0.2, 0.25) is 0 Å². The molecule has 49 heavy (non-hydrogen) atoms. The fraction of sp³-hybridized carbons (Fsp3) is 0.537. The zero-order chi connectivity index (χ0) is 34.1. The lowest BCUT2D eigenvalue weighted by Crippen LogP contribution is -2.61. The predicted octanol–water partition coefficient (Wildman–Crippen LogP) is 6.79. The Balaban J connectivity index is 1.01. The normalized spacial score (nSPS) is 31.8. The minimum Gasteiger partial charge on any atom is -0.392 e. The van der Waals surface area contributed by atoms with Crippen molar-refractivity contribution in [3.05, 3.63) is 107 Å². The van der Waals surface area contributed by atoms with Crippen LogP contribution in [0.4, 0.5) is 4.79 Å². The third kappa shape index (κ3) is 7.59. The zero-order valence-corrected chi connectivity index (χ0v) is 29.1. The van der Waals surface area contributed by atoms with E-state index in [0.717, 1.165) is 64.8 Å². The third-order valence-electron chi connectivity index (χ3n) is 12.0. The number of aliphatic hydroxyl groups excluding tert-OH is 2. The Morgan fingerprint density at radius 2 is 1.47 bits per heavy atom. The summed E-state index contributed by atoms with van der Waals surface area (Å²) in [5, 5.41) is 27.3. The molecule has 0 aromatic heterocycles. The average Bonchev–Trinajstić information content (AvgIpc) is 3.11. The van der Waals surface area contributed by atoms with Gasteiger partial charge in [-0.15, -0.1) is 0 Å². The highest BCUT2D eigenvalue weighted by Gasteiger charge is 2.51. The maximum absolute atomic E-state index is 13.1. The number of nitrogens with zero attached hydrogens (tertiary/aromatic N) is 1. The maximum atomic E-state index is 13.1. The molecular weight excluding hydrogens is 614 g/mol. The van der Waals surface area contributed by atoms with Gasteiger partial charge in [-0.1, -0.05) is 85.8 Å². The van der Waals surface area contributed by atoms with Gasteiger partial charge in [-0.3, -0.25) is 4.90 Å². The van der Waals surface area contributed by atoms with Gasteiger partial charge in [-0.05, 0) is 92.5 Å². The highest BCUT2D eigenvalue weighted by atomic mass is 16.7. The monoisotopic (exact) mass is 667 g/mol. The SMILES string of the molecule is CC1C(CN(C)C(C)C(O)c2ccccc2)OC(c2ccc(CNC(=O)NC34CC5CC(CC(C5)C3)C4)cc2)OC1c1ccc(CO)cc1. The maximum Gasteiger partial charge on any atom is 0.315 e. The molecule has 8 heteroatoms. The predicted molar refractivity (Wildman–Crippen MR) is 189 cm³/mol. The van der Waals surface area contributed by atoms with Gasteiger partial charge in [-0.25, -0.2) is 4.79 Å².